The van der Waals surface area contributed by atoms with E-state index in [0.717, 1.165) is 4.47 Å². The van der Waals surface area contributed by atoms with Crippen LogP contribution in [-0.2, 0) is 4.79 Å². The molecule has 2 N–H and O–H groups in total. The fraction of sp³-hybridized carbons (Fsp3) is 0.222. The summed E-state index contributed by atoms with van der Waals surface area (Å²) >= 11 is 3.21. The number of carbonyl (C=O) groups excluding carboxylic acids is 1. The summed E-state index contributed by atoms with van der Waals surface area (Å²) in [7, 11) is 1.53. The van der Waals surface area contributed by atoms with Crippen molar-refractivity contribution in [3.8, 4) is 0 Å². The molecule has 0 atom stereocenters. The zero-order valence-electron chi connectivity index (χ0n) is 7.60. The third-order valence-corrected chi connectivity index (χ3v) is 2.14. The Morgan fingerprint density at radius 2 is 2.29 bits per heavy atom. The largest absolute Gasteiger partial charge is 0.374 e. The first kappa shape index (κ1) is 11.0. The minimum Gasteiger partial charge on any atom is -0.374 e. The second-order valence-corrected chi connectivity index (χ2v) is 3.57. The van der Waals surface area contributed by atoms with Gasteiger partial charge in [-0.25, -0.2) is 4.39 Å². The van der Waals surface area contributed by atoms with Crippen molar-refractivity contribution in [3.05, 3.63) is 28.5 Å². The van der Waals surface area contributed by atoms with Gasteiger partial charge in [0.2, 0.25) is 5.91 Å². The number of carbonyl (C=O) groups is 1. The van der Waals surface area contributed by atoms with Gasteiger partial charge >= 0.3 is 0 Å². The molecule has 5 heteroatoms. The number of anilines is 1. The number of halogens is 2. The van der Waals surface area contributed by atoms with Crippen LogP contribution < -0.4 is 10.6 Å². The zero-order valence-corrected chi connectivity index (χ0v) is 9.19. The average molecular weight is 261 g/mol. The fourth-order valence-corrected chi connectivity index (χ4v) is 1.26. The molecule has 3 nitrogen and oxygen atoms in total. The molecule has 0 aromatic heterocycles. The van der Waals surface area contributed by atoms with Crippen LogP contribution in [0.1, 0.15) is 0 Å². The molecule has 1 rings (SSSR count). The molecule has 0 spiro atoms. The summed E-state index contributed by atoms with van der Waals surface area (Å²) in [4.78, 5) is 10.9. The van der Waals surface area contributed by atoms with E-state index in [4.69, 9.17) is 0 Å². The molecule has 1 amide bonds. The molecule has 0 aliphatic carbocycles. The van der Waals surface area contributed by atoms with Gasteiger partial charge in [-0.2, -0.15) is 0 Å². The van der Waals surface area contributed by atoms with Crippen molar-refractivity contribution in [1.29, 1.82) is 0 Å². The quantitative estimate of drug-likeness (QED) is 0.870. The molecule has 0 fully saturated rings. The number of hydrogen-bond donors (Lipinski definition) is 2. The third kappa shape index (κ3) is 2.99. The van der Waals surface area contributed by atoms with Crippen LogP contribution in [0.15, 0.2) is 22.7 Å². The molecule has 0 unspecified atom stereocenters. The molecule has 0 aliphatic rings. The van der Waals surface area contributed by atoms with Crippen molar-refractivity contribution >= 4 is 27.5 Å². The molecule has 0 heterocycles. The molecular weight excluding hydrogens is 251 g/mol. The normalized spacial score (nSPS) is 9.64. The molecule has 1 aromatic carbocycles. The SMILES string of the molecule is CNC(=O)CNc1cc(Br)ccc1F. The number of amides is 1. The monoisotopic (exact) mass is 260 g/mol. The second kappa shape index (κ2) is 4.95. The highest BCUT2D eigenvalue weighted by molar-refractivity contribution is 9.10. The van der Waals surface area contributed by atoms with Crippen molar-refractivity contribution in [2.24, 2.45) is 0 Å². The summed E-state index contributed by atoms with van der Waals surface area (Å²) in [6, 6.07) is 4.51. The number of benzene rings is 1. The van der Waals surface area contributed by atoms with Crippen molar-refractivity contribution in [3.63, 3.8) is 0 Å². The van der Waals surface area contributed by atoms with E-state index in [1.807, 2.05) is 0 Å². The lowest BCUT2D eigenvalue weighted by Crippen LogP contribution is -2.26. The van der Waals surface area contributed by atoms with Gasteiger partial charge in [0, 0.05) is 11.5 Å². The topological polar surface area (TPSA) is 41.1 Å². The van der Waals surface area contributed by atoms with E-state index < -0.39 is 0 Å². The maximum atomic E-state index is 13.1. The first-order valence-corrected chi connectivity index (χ1v) is 4.82. The Kier molecular flexibility index (Phi) is 3.88. The Morgan fingerprint density at radius 3 is 2.93 bits per heavy atom. The highest BCUT2D eigenvalue weighted by Crippen LogP contribution is 2.19. The molecular formula is C9H10BrFN2O. The molecule has 76 valence electrons. The van der Waals surface area contributed by atoms with Crippen LogP contribution in [0.25, 0.3) is 0 Å². The molecule has 0 aliphatic heterocycles. The summed E-state index contributed by atoms with van der Waals surface area (Å²) in [6.07, 6.45) is 0. The van der Waals surface area contributed by atoms with Gasteiger partial charge in [-0.1, -0.05) is 15.9 Å². The number of hydrogen-bond acceptors (Lipinski definition) is 2. The Balaban J connectivity index is 2.66. The summed E-state index contributed by atoms with van der Waals surface area (Å²) in [6.45, 7) is 0.0594. The lowest BCUT2D eigenvalue weighted by atomic mass is 10.3. The van der Waals surface area contributed by atoms with Crippen LogP contribution in [0.3, 0.4) is 0 Å². The second-order valence-electron chi connectivity index (χ2n) is 2.65. The van der Waals surface area contributed by atoms with Crippen molar-refractivity contribution in [1.82, 2.24) is 5.32 Å². The van der Waals surface area contributed by atoms with Gasteiger partial charge in [-0.05, 0) is 18.2 Å². The van der Waals surface area contributed by atoms with Crippen molar-refractivity contribution in [2.45, 2.75) is 0 Å². The van der Waals surface area contributed by atoms with Gasteiger partial charge in [-0.3, -0.25) is 4.79 Å². The lowest BCUT2D eigenvalue weighted by molar-refractivity contribution is -0.118. The number of likely N-dealkylation sites (N-methyl/N-ethyl adjacent to an activating group) is 1. The highest BCUT2D eigenvalue weighted by atomic mass is 79.9. The zero-order chi connectivity index (χ0) is 10.6. The van der Waals surface area contributed by atoms with Crippen LogP contribution in [0.2, 0.25) is 0 Å². The van der Waals surface area contributed by atoms with Gasteiger partial charge in [0.15, 0.2) is 0 Å². The van der Waals surface area contributed by atoms with Crippen LogP contribution in [0.5, 0.6) is 0 Å². The van der Waals surface area contributed by atoms with Gasteiger partial charge in [-0.15, -0.1) is 0 Å². The first-order valence-electron chi connectivity index (χ1n) is 4.03. The molecule has 14 heavy (non-hydrogen) atoms. The maximum absolute atomic E-state index is 13.1. The van der Waals surface area contributed by atoms with Crippen LogP contribution in [-0.4, -0.2) is 19.5 Å². The highest BCUT2D eigenvalue weighted by Gasteiger charge is 2.03. The first-order chi connectivity index (χ1) is 6.63. The van der Waals surface area contributed by atoms with E-state index >= 15 is 0 Å². The van der Waals surface area contributed by atoms with Crippen molar-refractivity contribution in [2.75, 3.05) is 18.9 Å². The minimum atomic E-state index is -0.378. The van der Waals surface area contributed by atoms with E-state index in [0.29, 0.717) is 5.69 Å². The predicted octanol–water partition coefficient (Wildman–Crippen LogP) is 1.75. The van der Waals surface area contributed by atoms with Gasteiger partial charge < -0.3 is 10.6 Å². The standard InChI is InChI=1S/C9H10BrFN2O/c1-12-9(14)5-13-8-4-6(10)2-3-7(8)11/h2-4,13H,5H2,1H3,(H,12,14). The summed E-state index contributed by atoms with van der Waals surface area (Å²) in [5.74, 6) is -0.568. The smallest absolute Gasteiger partial charge is 0.239 e. The van der Waals surface area contributed by atoms with Gasteiger partial charge in [0.1, 0.15) is 5.82 Å². The molecule has 0 saturated heterocycles. The number of rotatable bonds is 3. The fourth-order valence-electron chi connectivity index (χ4n) is 0.897. The summed E-state index contributed by atoms with van der Waals surface area (Å²) < 4.78 is 13.9. The lowest BCUT2D eigenvalue weighted by Gasteiger charge is -2.06. The van der Waals surface area contributed by atoms with Crippen LogP contribution in [0.4, 0.5) is 10.1 Å². The number of nitrogens with one attached hydrogen (secondary N) is 2. The Bertz CT molecular complexity index is 344. The van der Waals surface area contributed by atoms with E-state index in [1.165, 1.54) is 13.1 Å². The van der Waals surface area contributed by atoms with Crippen LogP contribution in [0, 0.1) is 5.82 Å². The summed E-state index contributed by atoms with van der Waals surface area (Å²) in [5, 5.41) is 5.12. The molecule has 1 aromatic rings. The third-order valence-electron chi connectivity index (χ3n) is 1.65. The Hall–Kier alpha value is -1.10. The molecule has 0 bridgehead atoms. The van der Waals surface area contributed by atoms with E-state index in [2.05, 4.69) is 26.6 Å². The Morgan fingerprint density at radius 1 is 1.57 bits per heavy atom. The van der Waals surface area contributed by atoms with Crippen LogP contribution >= 0.6 is 15.9 Å². The Labute approximate surface area is 89.8 Å². The van der Waals surface area contributed by atoms with E-state index in [9.17, 15) is 9.18 Å². The average Bonchev–Trinajstić information content (AvgIpc) is 2.19. The minimum absolute atomic E-state index is 0.0594. The molecule has 0 radical (unpaired) electrons. The molecule has 0 saturated carbocycles. The summed E-state index contributed by atoms with van der Waals surface area (Å²) in [5.41, 5.74) is 0.308. The van der Waals surface area contributed by atoms with Gasteiger partial charge in [0.05, 0.1) is 12.2 Å². The maximum Gasteiger partial charge on any atom is 0.239 e. The predicted molar refractivity (Wildman–Crippen MR) is 56.7 cm³/mol. The van der Waals surface area contributed by atoms with E-state index in [-0.39, 0.29) is 18.3 Å². The van der Waals surface area contributed by atoms with Gasteiger partial charge in [0.25, 0.3) is 0 Å². The van der Waals surface area contributed by atoms with Crippen molar-refractivity contribution < 1.29 is 9.18 Å². The van der Waals surface area contributed by atoms with E-state index in [1.54, 1.807) is 12.1 Å².